The highest BCUT2D eigenvalue weighted by molar-refractivity contribution is 8.76. The number of carbonyl (C=O) groups is 11. The Bertz CT molecular complexity index is 4420. The number of nitrogens with two attached hydrogens (primary N) is 1. The minimum absolute atomic E-state index is 0.0138. The molecule has 5 aromatic carbocycles. The number of carbonyl (C=O) groups excluding carboxylic acids is 8. The number of hydrogen-bond donors (Lipinski definition) is 15. The normalized spacial score (nSPS) is 21.7. The van der Waals surface area contributed by atoms with Crippen LogP contribution in [0.2, 0.25) is 0 Å². The number of aliphatic carboxylic acids is 3. The van der Waals surface area contributed by atoms with E-state index in [1.807, 2.05) is 102 Å². The Balaban J connectivity index is 0.986. The standard InChI is InChI=1S/C76H89N13O16S2/c1-75(2)59(22-8-6-5-7-9-23-60-76(3,4)66-49-19-13-11-17-46(49)27-31-57(66)88(60)37-33-63(94)95)87(56-30-26-45-16-10-12-18-48(45)65(56)75)36-32-61(92)82-54-42-106-107-43-55(70(101)84-52(73(104)105)38-44-24-28-47(91)29-25-44)86-71(102)58-21-15-35-89(58)72(103)53(41-90)85-69(100)51(39-64(96)97)83-68(99)50(20-14-34-79-74(77)78)81-62(93)40-80-67(54)98/h5-13,16-19,22-31,50-55,58,90H,14-15,20-21,32-43H2,1-4H3,(H14-,77,78,79,80,81,82,83,84,85,86,91,92,93,94,95,96,97,98,99,100,101,102,104,105)/p+1/t50-,51-,52-,53-,54+,55-,58?/m0/s1. The molecular formula is C76H90N13O16S2+. The topological polar surface area (TPSA) is 445 Å². The molecule has 7 atom stereocenters. The van der Waals surface area contributed by atoms with Crippen LogP contribution in [-0.2, 0) is 70.0 Å². The van der Waals surface area contributed by atoms with Gasteiger partial charge in [0.25, 0.3) is 0 Å². The summed E-state index contributed by atoms with van der Waals surface area (Å²) in [5.41, 5.74) is 10.5. The summed E-state index contributed by atoms with van der Waals surface area (Å²) in [5, 5.41) is 82.2. The van der Waals surface area contributed by atoms with E-state index in [0.29, 0.717) is 5.56 Å². The number of carboxylic acids is 3. The Labute approximate surface area is 625 Å². The van der Waals surface area contributed by atoms with E-state index in [1.165, 1.54) is 24.3 Å². The number of phenols is 1. The maximum Gasteiger partial charge on any atom is 0.326 e. The number of benzene rings is 5. The maximum atomic E-state index is 14.6. The molecule has 2 saturated heterocycles. The van der Waals surface area contributed by atoms with Crippen molar-refractivity contribution >= 4 is 131 Å². The van der Waals surface area contributed by atoms with Crippen molar-refractivity contribution in [3.8, 4) is 5.75 Å². The van der Waals surface area contributed by atoms with E-state index in [9.17, 15) is 78.3 Å². The maximum absolute atomic E-state index is 14.6. The molecule has 0 aromatic heterocycles. The number of allylic oxidation sites excluding steroid dienone is 8. The number of carboxylic acid groups (broad SMARTS) is 3. The summed E-state index contributed by atoms with van der Waals surface area (Å²) in [6.07, 6.45) is 12.0. The largest absolute Gasteiger partial charge is 0.508 e. The first-order chi connectivity index (χ1) is 51.1. The SMILES string of the molecule is CC1(C)C(/C=C/C=C/C=C/C=C2/N(CCC(=O)N[C@@H]3CSSC[C@@H](C(=O)N[C@@H](Cc4ccc(O)cc4)C(=O)O)NC(=O)C4CCCN4C(=O)[C@H](CO)NC(=O)[C@H](CC(=O)O)NC(=O)[C@H](CCCNC(=N)N)NC(=O)CNC3=O)c3ccc4ccccc4c3C2(C)C)=[N+](CCC(=O)O)c2ccc3ccccc3c21. The van der Waals surface area contributed by atoms with Gasteiger partial charge in [0.15, 0.2) is 18.2 Å². The second-order valence-electron chi connectivity index (χ2n) is 27.3. The van der Waals surface area contributed by atoms with Gasteiger partial charge in [-0.05, 0) is 103 Å². The number of amides is 8. The van der Waals surface area contributed by atoms with Crippen molar-refractivity contribution in [3.05, 3.63) is 162 Å². The fourth-order valence-corrected chi connectivity index (χ4v) is 16.2. The lowest BCUT2D eigenvalue weighted by Gasteiger charge is -2.30. The highest BCUT2D eigenvalue weighted by atomic mass is 33.1. The molecule has 0 bridgehead atoms. The number of rotatable bonds is 23. The molecule has 1 unspecified atom stereocenters. The predicted octanol–water partition coefficient (Wildman–Crippen LogP) is 3.76. The summed E-state index contributed by atoms with van der Waals surface area (Å²) in [4.78, 5) is 154. The van der Waals surface area contributed by atoms with Crippen LogP contribution in [-0.4, -0.2) is 205 Å². The van der Waals surface area contributed by atoms with Crippen molar-refractivity contribution in [2.75, 3.05) is 55.7 Å². The lowest BCUT2D eigenvalue weighted by molar-refractivity contribution is -0.436. The molecule has 107 heavy (non-hydrogen) atoms. The van der Waals surface area contributed by atoms with Crippen LogP contribution in [0.4, 0.5) is 11.4 Å². The van der Waals surface area contributed by atoms with Gasteiger partial charge >= 0.3 is 17.9 Å². The van der Waals surface area contributed by atoms with Crippen molar-refractivity contribution in [3.63, 3.8) is 0 Å². The van der Waals surface area contributed by atoms with Gasteiger partial charge in [-0.2, -0.15) is 4.58 Å². The molecule has 0 saturated carbocycles. The van der Waals surface area contributed by atoms with Gasteiger partial charge in [0.2, 0.25) is 52.9 Å². The van der Waals surface area contributed by atoms with E-state index in [4.69, 9.17) is 11.1 Å². The second kappa shape index (κ2) is 36.3. The smallest absolute Gasteiger partial charge is 0.326 e. The molecule has 4 aliphatic rings. The van der Waals surface area contributed by atoms with Crippen LogP contribution < -0.4 is 53.2 Å². The van der Waals surface area contributed by atoms with Gasteiger partial charge in [-0.25, -0.2) is 4.79 Å². The van der Waals surface area contributed by atoms with E-state index in [2.05, 4.69) is 93.0 Å². The number of aliphatic hydroxyl groups excluding tert-OH is 1. The summed E-state index contributed by atoms with van der Waals surface area (Å²) < 4.78 is 2.08. The van der Waals surface area contributed by atoms with Gasteiger partial charge in [-0.1, -0.05) is 133 Å². The zero-order valence-electron chi connectivity index (χ0n) is 59.6. The van der Waals surface area contributed by atoms with Crippen molar-refractivity contribution in [2.45, 2.75) is 132 Å². The highest BCUT2D eigenvalue weighted by Crippen LogP contribution is 2.51. The number of anilines is 1. The molecule has 16 N–H and O–H groups in total. The lowest BCUT2D eigenvalue weighted by Crippen LogP contribution is -2.60. The number of aliphatic hydroxyl groups is 1. The van der Waals surface area contributed by atoms with Crippen LogP contribution in [0.5, 0.6) is 5.75 Å². The molecule has 8 amide bonds. The number of aromatic hydroxyl groups is 1. The van der Waals surface area contributed by atoms with E-state index >= 15 is 0 Å². The third-order valence-electron chi connectivity index (χ3n) is 19.1. The van der Waals surface area contributed by atoms with E-state index in [1.54, 1.807) is 0 Å². The van der Waals surface area contributed by atoms with Crippen LogP contribution >= 0.6 is 21.6 Å². The predicted molar refractivity (Wildman–Crippen MR) is 406 cm³/mol. The molecule has 0 spiro atoms. The third kappa shape index (κ3) is 20.1. The first kappa shape index (κ1) is 80.1. The number of guanidine groups is 1. The quantitative estimate of drug-likeness (QED) is 0.0111. The van der Waals surface area contributed by atoms with Crippen LogP contribution in [0, 0.1) is 5.41 Å². The van der Waals surface area contributed by atoms with Crippen molar-refractivity contribution in [1.82, 2.24) is 47.4 Å². The fourth-order valence-electron chi connectivity index (χ4n) is 13.9. The lowest BCUT2D eigenvalue weighted by atomic mass is 9.79. The van der Waals surface area contributed by atoms with Crippen molar-refractivity contribution in [2.24, 2.45) is 5.73 Å². The van der Waals surface area contributed by atoms with Gasteiger partial charge < -0.3 is 83.6 Å². The molecule has 566 valence electrons. The summed E-state index contributed by atoms with van der Waals surface area (Å²) in [5.74, 6) is -12.7. The van der Waals surface area contributed by atoms with Gasteiger partial charge in [0.05, 0.1) is 25.0 Å². The molecule has 0 radical (unpaired) electrons. The average Bonchev–Trinajstić information content (AvgIpc) is 1.58. The number of nitrogens with zero attached hydrogens (tertiary/aromatic N) is 3. The van der Waals surface area contributed by atoms with Crippen LogP contribution in [0.1, 0.15) is 89.3 Å². The summed E-state index contributed by atoms with van der Waals surface area (Å²) >= 11 is 0. The van der Waals surface area contributed by atoms with Gasteiger partial charge in [-0.3, -0.25) is 53.4 Å². The minimum Gasteiger partial charge on any atom is -0.508 e. The zero-order chi connectivity index (χ0) is 77.3. The Morgan fingerprint density at radius 3 is 2.07 bits per heavy atom. The number of phenolic OH excluding ortho intramolecular Hbond substituents is 1. The molecule has 31 heteroatoms. The van der Waals surface area contributed by atoms with Crippen LogP contribution in [0.15, 0.2) is 145 Å². The molecule has 5 aromatic rings. The molecule has 2 fully saturated rings. The van der Waals surface area contributed by atoms with Crippen molar-refractivity contribution < 1.29 is 82.8 Å². The minimum atomic E-state index is -1.93. The first-order valence-corrected chi connectivity index (χ1v) is 37.5. The molecule has 4 aliphatic heterocycles. The number of hydrogen-bond acceptors (Lipinski definition) is 17. The van der Waals surface area contributed by atoms with Crippen LogP contribution in [0.25, 0.3) is 21.5 Å². The Morgan fingerprint density at radius 1 is 0.729 bits per heavy atom. The first-order valence-electron chi connectivity index (χ1n) is 35.0. The molecule has 29 nitrogen and oxygen atoms in total. The summed E-state index contributed by atoms with van der Waals surface area (Å²) in [6, 6.07) is 18.6. The molecule has 0 aliphatic carbocycles. The van der Waals surface area contributed by atoms with Gasteiger partial charge in [0.1, 0.15) is 54.5 Å². The summed E-state index contributed by atoms with van der Waals surface area (Å²) in [7, 11) is 1.91. The highest BCUT2D eigenvalue weighted by Gasteiger charge is 2.47. The van der Waals surface area contributed by atoms with E-state index in [-0.39, 0.29) is 88.4 Å². The Hall–Kier alpha value is -11.1. The summed E-state index contributed by atoms with van der Waals surface area (Å²) in [6.45, 7) is 6.88. The molecule has 9 rings (SSSR count). The number of nitrogens with one attached hydrogen (secondary N) is 9. The second-order valence-corrected chi connectivity index (χ2v) is 29.9. The third-order valence-corrected chi connectivity index (χ3v) is 21.5. The molecule has 4 heterocycles. The van der Waals surface area contributed by atoms with E-state index < -0.39 is 144 Å². The van der Waals surface area contributed by atoms with Gasteiger partial charge in [-0.15, -0.1) is 0 Å². The monoisotopic (exact) mass is 1500 g/mol. The zero-order valence-corrected chi connectivity index (χ0v) is 61.2. The van der Waals surface area contributed by atoms with Crippen LogP contribution in [0.3, 0.4) is 0 Å². The Kier molecular flexibility index (Phi) is 27.2. The fraction of sp³-hybridized carbons (Fsp3) is 0.382. The molecular weight excluding hydrogens is 1420 g/mol. The number of fused-ring (bicyclic) bond motifs is 7. The van der Waals surface area contributed by atoms with Gasteiger partial charge in [0, 0.05) is 78.5 Å². The van der Waals surface area contributed by atoms with E-state index in [0.717, 1.165) is 81.9 Å². The van der Waals surface area contributed by atoms with Crippen molar-refractivity contribution in [1.29, 1.82) is 5.41 Å². The average molecular weight is 1510 g/mol. The Morgan fingerprint density at radius 2 is 1.38 bits per heavy atom.